The molecule has 0 radical (unpaired) electrons. The molecule has 28 heavy (non-hydrogen) atoms. The van der Waals surface area contributed by atoms with E-state index in [-0.39, 0.29) is 24.4 Å². The fourth-order valence-electron chi connectivity index (χ4n) is 3.48. The van der Waals surface area contributed by atoms with Gasteiger partial charge in [0.05, 0.1) is 18.2 Å². The fraction of sp³-hybridized carbons (Fsp3) is 0.381. The molecule has 2 aromatic rings. The van der Waals surface area contributed by atoms with E-state index in [0.717, 1.165) is 10.9 Å². The van der Waals surface area contributed by atoms with E-state index in [9.17, 15) is 14.4 Å². The average Bonchev–Trinajstić information content (AvgIpc) is 2.93. The molecule has 7 heteroatoms. The summed E-state index contributed by atoms with van der Waals surface area (Å²) < 4.78 is 15.9. The maximum Gasteiger partial charge on any atom is 0.336 e. The van der Waals surface area contributed by atoms with Crippen molar-refractivity contribution in [2.75, 3.05) is 13.2 Å². The molecule has 3 rings (SSSR count). The van der Waals surface area contributed by atoms with Gasteiger partial charge < -0.3 is 19.2 Å². The SMILES string of the molecule is CCOC(=O)C1C(C)=C(C(=O)COc2ccc3c(C)cc(=O)oc3c2)NC1C. The number of aryl methyl sites for hydroxylation is 1. The van der Waals surface area contributed by atoms with E-state index in [1.807, 2.05) is 13.8 Å². The van der Waals surface area contributed by atoms with Crippen LogP contribution in [0.4, 0.5) is 0 Å². The highest BCUT2D eigenvalue weighted by atomic mass is 16.5. The predicted molar refractivity (Wildman–Crippen MR) is 103 cm³/mol. The van der Waals surface area contributed by atoms with Crippen molar-refractivity contribution in [3.8, 4) is 5.75 Å². The van der Waals surface area contributed by atoms with Gasteiger partial charge in [0.1, 0.15) is 11.3 Å². The van der Waals surface area contributed by atoms with Crippen molar-refractivity contribution in [3.63, 3.8) is 0 Å². The number of fused-ring (bicyclic) bond motifs is 1. The normalized spacial score (nSPS) is 18.9. The molecule has 148 valence electrons. The molecule has 0 bridgehead atoms. The minimum Gasteiger partial charge on any atom is -0.485 e. The highest BCUT2D eigenvalue weighted by Crippen LogP contribution is 2.28. The smallest absolute Gasteiger partial charge is 0.336 e. The number of hydrogen-bond acceptors (Lipinski definition) is 7. The van der Waals surface area contributed by atoms with Crippen LogP contribution in [-0.4, -0.2) is 31.0 Å². The van der Waals surface area contributed by atoms with Crippen LogP contribution in [0.5, 0.6) is 5.75 Å². The van der Waals surface area contributed by atoms with E-state index in [2.05, 4.69) is 5.32 Å². The van der Waals surface area contributed by atoms with Crippen LogP contribution in [0, 0.1) is 12.8 Å². The summed E-state index contributed by atoms with van der Waals surface area (Å²) in [4.78, 5) is 36.3. The Morgan fingerprint density at radius 1 is 1.21 bits per heavy atom. The van der Waals surface area contributed by atoms with Crippen molar-refractivity contribution in [1.29, 1.82) is 0 Å². The molecule has 0 amide bonds. The summed E-state index contributed by atoms with van der Waals surface area (Å²) in [5.74, 6) is -0.678. The average molecular weight is 385 g/mol. The van der Waals surface area contributed by atoms with Crippen molar-refractivity contribution in [2.45, 2.75) is 33.7 Å². The Bertz CT molecular complexity index is 1020. The second-order valence-electron chi connectivity index (χ2n) is 6.84. The van der Waals surface area contributed by atoms with Gasteiger partial charge in [0, 0.05) is 23.6 Å². The Labute approximate surface area is 162 Å². The Kier molecular flexibility index (Phi) is 5.53. The molecule has 0 spiro atoms. The van der Waals surface area contributed by atoms with Gasteiger partial charge in [0.15, 0.2) is 6.61 Å². The first-order chi connectivity index (χ1) is 13.3. The van der Waals surface area contributed by atoms with Crippen LogP contribution in [0.25, 0.3) is 11.0 Å². The van der Waals surface area contributed by atoms with Crippen LogP contribution < -0.4 is 15.7 Å². The lowest BCUT2D eigenvalue weighted by atomic mass is 9.96. The van der Waals surface area contributed by atoms with Crippen LogP contribution in [0.3, 0.4) is 0 Å². The lowest BCUT2D eigenvalue weighted by Crippen LogP contribution is -2.33. The van der Waals surface area contributed by atoms with Crippen LogP contribution >= 0.6 is 0 Å². The molecule has 2 heterocycles. The number of nitrogens with one attached hydrogen (secondary N) is 1. The number of Topliss-reactive ketones (excluding diaryl/α,β-unsaturated/α-hetero) is 1. The monoisotopic (exact) mass is 385 g/mol. The van der Waals surface area contributed by atoms with Gasteiger partial charge in [0.2, 0.25) is 5.78 Å². The first-order valence-electron chi connectivity index (χ1n) is 9.16. The molecule has 0 fully saturated rings. The quantitative estimate of drug-likeness (QED) is 0.603. The van der Waals surface area contributed by atoms with Gasteiger partial charge in [-0.2, -0.15) is 0 Å². The summed E-state index contributed by atoms with van der Waals surface area (Å²) in [5.41, 5.74) is 1.81. The number of carbonyl (C=O) groups excluding carboxylic acids is 2. The standard InChI is InChI=1S/C21H23NO6/c1-5-26-21(25)19-12(3)20(22-13(19)4)16(23)10-27-14-6-7-15-11(2)8-18(24)28-17(15)9-14/h6-9,13,19,22H,5,10H2,1-4H3. The van der Waals surface area contributed by atoms with E-state index in [1.165, 1.54) is 6.07 Å². The summed E-state index contributed by atoms with van der Waals surface area (Å²) in [5, 5.41) is 3.87. The summed E-state index contributed by atoms with van der Waals surface area (Å²) in [6.07, 6.45) is 0. The Morgan fingerprint density at radius 2 is 1.96 bits per heavy atom. The van der Waals surface area contributed by atoms with Crippen molar-refractivity contribution < 1.29 is 23.5 Å². The third-order valence-corrected chi connectivity index (χ3v) is 4.84. The number of ketones is 1. The number of hydrogen-bond donors (Lipinski definition) is 1. The Morgan fingerprint density at radius 3 is 2.68 bits per heavy atom. The number of rotatable bonds is 6. The third-order valence-electron chi connectivity index (χ3n) is 4.84. The summed E-state index contributed by atoms with van der Waals surface area (Å²) in [6.45, 7) is 7.24. The van der Waals surface area contributed by atoms with E-state index in [0.29, 0.717) is 29.2 Å². The lowest BCUT2D eigenvalue weighted by molar-refractivity contribution is -0.147. The van der Waals surface area contributed by atoms with Crippen molar-refractivity contribution in [1.82, 2.24) is 5.32 Å². The largest absolute Gasteiger partial charge is 0.485 e. The van der Waals surface area contributed by atoms with E-state index in [1.54, 1.807) is 32.0 Å². The van der Waals surface area contributed by atoms with E-state index in [4.69, 9.17) is 13.9 Å². The molecule has 2 unspecified atom stereocenters. The molecule has 2 atom stereocenters. The van der Waals surface area contributed by atoms with E-state index >= 15 is 0 Å². The molecule has 1 aliphatic rings. The summed E-state index contributed by atoms with van der Waals surface area (Å²) in [6, 6.07) is 6.29. The molecule has 0 aliphatic carbocycles. The molecular weight excluding hydrogens is 362 g/mol. The highest BCUT2D eigenvalue weighted by Gasteiger charge is 2.37. The molecule has 1 N–H and O–H groups in total. The first kappa shape index (κ1) is 19.7. The molecule has 0 saturated carbocycles. The topological polar surface area (TPSA) is 94.8 Å². The Hall–Kier alpha value is -3.09. The van der Waals surface area contributed by atoms with Crippen LogP contribution in [0.1, 0.15) is 26.3 Å². The second kappa shape index (κ2) is 7.88. The van der Waals surface area contributed by atoms with Crippen LogP contribution in [-0.2, 0) is 14.3 Å². The van der Waals surface area contributed by atoms with Crippen LogP contribution in [0.15, 0.2) is 44.7 Å². The van der Waals surface area contributed by atoms with Gasteiger partial charge in [-0.1, -0.05) is 0 Å². The molecule has 0 saturated heterocycles. The molecule has 1 aromatic carbocycles. The molecule has 1 aliphatic heterocycles. The summed E-state index contributed by atoms with van der Waals surface area (Å²) >= 11 is 0. The van der Waals surface area contributed by atoms with Gasteiger partial charge in [-0.15, -0.1) is 0 Å². The van der Waals surface area contributed by atoms with Crippen molar-refractivity contribution in [2.24, 2.45) is 5.92 Å². The van der Waals surface area contributed by atoms with Gasteiger partial charge >= 0.3 is 11.6 Å². The van der Waals surface area contributed by atoms with Gasteiger partial charge in [-0.3, -0.25) is 9.59 Å². The van der Waals surface area contributed by atoms with Crippen molar-refractivity contribution >= 4 is 22.7 Å². The number of carbonyl (C=O) groups is 2. The maximum atomic E-state index is 12.6. The third kappa shape index (κ3) is 3.78. The minimum atomic E-state index is -0.489. The number of esters is 1. The van der Waals surface area contributed by atoms with E-state index < -0.39 is 11.5 Å². The summed E-state index contributed by atoms with van der Waals surface area (Å²) in [7, 11) is 0. The first-order valence-corrected chi connectivity index (χ1v) is 9.16. The highest BCUT2D eigenvalue weighted by molar-refractivity contribution is 5.99. The van der Waals surface area contributed by atoms with Crippen molar-refractivity contribution in [3.05, 3.63) is 51.5 Å². The van der Waals surface area contributed by atoms with Crippen LogP contribution in [0.2, 0.25) is 0 Å². The molecule has 1 aromatic heterocycles. The van der Waals surface area contributed by atoms with Gasteiger partial charge in [-0.25, -0.2) is 4.79 Å². The fourth-order valence-corrected chi connectivity index (χ4v) is 3.48. The predicted octanol–water partition coefficient (Wildman–Crippen LogP) is 2.49. The zero-order chi connectivity index (χ0) is 20.4. The zero-order valence-electron chi connectivity index (χ0n) is 16.3. The Balaban J connectivity index is 1.74. The number of benzene rings is 1. The lowest BCUT2D eigenvalue weighted by Gasteiger charge is -2.15. The van der Waals surface area contributed by atoms with Gasteiger partial charge in [0.25, 0.3) is 0 Å². The molecular formula is C21H23NO6. The maximum absolute atomic E-state index is 12.6. The number of ether oxygens (including phenoxy) is 2. The molecule has 7 nitrogen and oxygen atoms in total. The zero-order valence-corrected chi connectivity index (χ0v) is 16.3. The second-order valence-corrected chi connectivity index (χ2v) is 6.84. The van der Waals surface area contributed by atoms with Gasteiger partial charge in [-0.05, 0) is 51.0 Å². The minimum absolute atomic E-state index is 0.205.